The van der Waals surface area contributed by atoms with Crippen molar-refractivity contribution in [3.05, 3.63) is 29.3 Å². The average Bonchev–Trinajstić information content (AvgIpc) is 2.58. The smallest absolute Gasteiger partial charge is 0.230 e. The molecule has 0 spiro atoms. The number of rotatable bonds is 5. The number of piperidine rings is 1. The number of hydrogen-bond acceptors (Lipinski definition) is 3. The molecular weight excluding hydrogens is 324 g/mol. The van der Waals surface area contributed by atoms with E-state index >= 15 is 0 Å². The summed E-state index contributed by atoms with van der Waals surface area (Å²) in [6.45, 7) is 9.18. The van der Waals surface area contributed by atoms with Crippen molar-refractivity contribution in [3.8, 4) is 0 Å². The normalized spacial score (nSPS) is 17.0. The van der Waals surface area contributed by atoms with Crippen LogP contribution in [0.15, 0.2) is 18.2 Å². The fraction of sp³-hybridized carbons (Fsp3) is 0.611. The van der Waals surface area contributed by atoms with Crippen LogP contribution in [0.4, 0.5) is 5.69 Å². The third-order valence-corrected chi connectivity index (χ3v) is 6.68. The molecule has 134 valence electrons. The lowest BCUT2D eigenvalue weighted by Gasteiger charge is -2.33. The van der Waals surface area contributed by atoms with Gasteiger partial charge in [0, 0.05) is 31.2 Å². The van der Waals surface area contributed by atoms with Crippen LogP contribution in [0.2, 0.25) is 0 Å². The summed E-state index contributed by atoms with van der Waals surface area (Å²) in [5.41, 5.74) is 3.18. The van der Waals surface area contributed by atoms with Gasteiger partial charge < -0.3 is 4.90 Å². The van der Waals surface area contributed by atoms with Gasteiger partial charge in [-0.3, -0.25) is 4.79 Å². The molecule has 2 rings (SSSR count). The van der Waals surface area contributed by atoms with Crippen LogP contribution in [-0.4, -0.2) is 44.0 Å². The molecule has 1 aliphatic heterocycles. The number of anilines is 1. The second-order valence-electron chi connectivity index (χ2n) is 6.45. The molecule has 6 heteroatoms. The fourth-order valence-corrected chi connectivity index (χ4v) is 4.37. The topological polar surface area (TPSA) is 57.7 Å². The maximum absolute atomic E-state index is 13.0. The summed E-state index contributed by atoms with van der Waals surface area (Å²) in [7, 11) is -3.15. The Bertz CT molecular complexity index is 692. The Morgan fingerprint density at radius 3 is 2.38 bits per heavy atom. The molecule has 0 saturated carbocycles. The Morgan fingerprint density at radius 1 is 1.21 bits per heavy atom. The number of nitrogens with zero attached hydrogens (tertiary/aromatic N) is 2. The molecule has 0 N–H and O–H groups in total. The van der Waals surface area contributed by atoms with Gasteiger partial charge in [0.15, 0.2) is 0 Å². The van der Waals surface area contributed by atoms with E-state index in [1.165, 1.54) is 4.31 Å². The molecule has 1 amide bonds. The Labute approximate surface area is 145 Å². The number of carbonyl (C=O) groups excluding carboxylic acids is 1. The predicted octanol–water partition coefficient (Wildman–Crippen LogP) is 2.72. The average molecular weight is 353 g/mol. The molecule has 0 radical (unpaired) electrons. The van der Waals surface area contributed by atoms with E-state index in [0.717, 1.165) is 16.8 Å². The highest BCUT2D eigenvalue weighted by atomic mass is 32.2. The number of aryl methyl sites for hydroxylation is 2. The number of sulfonamides is 1. The third-order valence-electron chi connectivity index (χ3n) is 4.80. The quantitative estimate of drug-likeness (QED) is 0.819. The van der Waals surface area contributed by atoms with E-state index in [0.29, 0.717) is 32.5 Å². The first-order chi connectivity index (χ1) is 11.3. The first-order valence-corrected chi connectivity index (χ1v) is 10.3. The summed E-state index contributed by atoms with van der Waals surface area (Å²) in [5, 5.41) is 0. The van der Waals surface area contributed by atoms with Crippen molar-refractivity contribution in [2.75, 3.05) is 30.3 Å². The predicted molar refractivity (Wildman–Crippen MR) is 97.7 cm³/mol. The van der Waals surface area contributed by atoms with Gasteiger partial charge in [0.25, 0.3) is 0 Å². The van der Waals surface area contributed by atoms with Crippen LogP contribution < -0.4 is 4.90 Å². The Morgan fingerprint density at radius 2 is 1.83 bits per heavy atom. The van der Waals surface area contributed by atoms with Crippen molar-refractivity contribution in [2.24, 2.45) is 5.92 Å². The number of hydrogen-bond donors (Lipinski definition) is 0. The van der Waals surface area contributed by atoms with E-state index < -0.39 is 10.0 Å². The van der Waals surface area contributed by atoms with Gasteiger partial charge in [-0.2, -0.15) is 0 Å². The van der Waals surface area contributed by atoms with Gasteiger partial charge in [-0.05, 0) is 57.7 Å². The van der Waals surface area contributed by atoms with Crippen LogP contribution >= 0.6 is 0 Å². The van der Waals surface area contributed by atoms with Crippen LogP contribution in [0.5, 0.6) is 0 Å². The number of amides is 1. The minimum atomic E-state index is -3.15. The number of carbonyl (C=O) groups is 1. The molecule has 1 aliphatic rings. The van der Waals surface area contributed by atoms with Crippen molar-refractivity contribution in [2.45, 2.75) is 40.5 Å². The molecule has 1 heterocycles. The van der Waals surface area contributed by atoms with Crippen LogP contribution in [0.25, 0.3) is 0 Å². The standard InChI is InChI=1S/C18H28N2O3S/c1-5-20(17-13-14(3)7-8-15(17)4)18(21)16-9-11-19(12-10-16)24(22,23)6-2/h7-8,13,16H,5-6,9-12H2,1-4H3. The molecule has 1 fully saturated rings. The second kappa shape index (κ2) is 7.66. The van der Waals surface area contributed by atoms with Gasteiger partial charge in [-0.1, -0.05) is 12.1 Å². The summed E-state index contributed by atoms with van der Waals surface area (Å²) in [5.74, 6) is 0.128. The summed E-state index contributed by atoms with van der Waals surface area (Å²) < 4.78 is 25.4. The van der Waals surface area contributed by atoms with Crippen molar-refractivity contribution in [3.63, 3.8) is 0 Å². The maximum Gasteiger partial charge on any atom is 0.230 e. The Hall–Kier alpha value is -1.40. The van der Waals surface area contributed by atoms with E-state index in [9.17, 15) is 13.2 Å². The summed E-state index contributed by atoms with van der Waals surface area (Å²) in [4.78, 5) is 14.8. The lowest BCUT2D eigenvalue weighted by molar-refractivity contribution is -0.123. The van der Waals surface area contributed by atoms with Crippen molar-refractivity contribution >= 4 is 21.6 Å². The first kappa shape index (κ1) is 18.9. The van der Waals surface area contributed by atoms with Gasteiger partial charge in [0.2, 0.25) is 15.9 Å². The largest absolute Gasteiger partial charge is 0.312 e. The molecule has 0 unspecified atom stereocenters. The molecule has 0 bridgehead atoms. The van der Waals surface area contributed by atoms with E-state index in [-0.39, 0.29) is 17.6 Å². The third kappa shape index (κ3) is 3.98. The van der Waals surface area contributed by atoms with Crippen LogP contribution in [-0.2, 0) is 14.8 Å². The number of benzene rings is 1. The highest BCUT2D eigenvalue weighted by Gasteiger charge is 2.32. The van der Waals surface area contributed by atoms with E-state index in [2.05, 4.69) is 0 Å². The van der Waals surface area contributed by atoms with Gasteiger partial charge >= 0.3 is 0 Å². The van der Waals surface area contributed by atoms with Crippen LogP contribution in [0.3, 0.4) is 0 Å². The highest BCUT2D eigenvalue weighted by molar-refractivity contribution is 7.89. The molecule has 0 atom stereocenters. The van der Waals surface area contributed by atoms with Crippen molar-refractivity contribution < 1.29 is 13.2 Å². The van der Waals surface area contributed by atoms with E-state index in [1.807, 2.05) is 43.9 Å². The minimum Gasteiger partial charge on any atom is -0.312 e. The monoisotopic (exact) mass is 352 g/mol. The van der Waals surface area contributed by atoms with Crippen molar-refractivity contribution in [1.82, 2.24) is 4.31 Å². The Kier molecular flexibility index (Phi) is 6.04. The maximum atomic E-state index is 13.0. The van der Waals surface area contributed by atoms with E-state index in [1.54, 1.807) is 6.92 Å². The van der Waals surface area contributed by atoms with Gasteiger partial charge in [0.1, 0.15) is 0 Å². The highest BCUT2D eigenvalue weighted by Crippen LogP contribution is 2.27. The zero-order valence-electron chi connectivity index (χ0n) is 15.1. The van der Waals surface area contributed by atoms with Crippen molar-refractivity contribution in [1.29, 1.82) is 0 Å². The van der Waals surface area contributed by atoms with Gasteiger partial charge in [0.05, 0.1) is 5.75 Å². The van der Waals surface area contributed by atoms with Crippen LogP contribution in [0.1, 0.15) is 37.8 Å². The minimum absolute atomic E-state index is 0.104. The zero-order chi connectivity index (χ0) is 17.9. The summed E-state index contributed by atoms with van der Waals surface area (Å²) in [6.07, 6.45) is 1.19. The first-order valence-electron chi connectivity index (χ1n) is 8.66. The molecule has 5 nitrogen and oxygen atoms in total. The zero-order valence-corrected chi connectivity index (χ0v) is 15.9. The molecule has 24 heavy (non-hydrogen) atoms. The molecule has 0 aliphatic carbocycles. The fourth-order valence-electron chi connectivity index (χ4n) is 3.24. The van der Waals surface area contributed by atoms with Gasteiger partial charge in [-0.15, -0.1) is 0 Å². The van der Waals surface area contributed by atoms with Crippen LogP contribution in [0, 0.1) is 19.8 Å². The molecule has 1 aromatic rings. The second-order valence-corrected chi connectivity index (χ2v) is 8.70. The summed E-state index contributed by atoms with van der Waals surface area (Å²) in [6, 6.07) is 6.13. The van der Waals surface area contributed by atoms with Gasteiger partial charge in [-0.25, -0.2) is 12.7 Å². The van der Waals surface area contributed by atoms with E-state index in [4.69, 9.17) is 0 Å². The molecule has 0 aromatic heterocycles. The molecule has 1 aromatic carbocycles. The Balaban J connectivity index is 2.12. The lowest BCUT2D eigenvalue weighted by Crippen LogP contribution is -2.45. The summed E-state index contributed by atoms with van der Waals surface area (Å²) >= 11 is 0. The SMILES string of the molecule is CCN(C(=O)C1CCN(S(=O)(=O)CC)CC1)c1cc(C)ccc1C. The lowest BCUT2D eigenvalue weighted by atomic mass is 9.95. The molecule has 1 saturated heterocycles. The molecular formula is C18H28N2O3S.